The molecule has 33 heavy (non-hydrogen) atoms. The highest BCUT2D eigenvalue weighted by atomic mass is 32.2. The topological polar surface area (TPSA) is 104 Å². The molecule has 0 spiro atoms. The molecule has 0 radical (unpaired) electrons. The molecule has 2 heterocycles. The summed E-state index contributed by atoms with van der Waals surface area (Å²) >= 11 is 0. The van der Waals surface area contributed by atoms with Gasteiger partial charge in [-0.15, -0.1) is 4.28 Å². The molecule has 176 valence electrons. The minimum atomic E-state index is -6.18. The van der Waals surface area contributed by atoms with Gasteiger partial charge in [-0.1, -0.05) is 24.3 Å². The van der Waals surface area contributed by atoms with Crippen LogP contribution in [0.4, 0.5) is 13.2 Å². The highest BCUT2D eigenvalue weighted by molar-refractivity contribution is 7.87. The summed E-state index contributed by atoms with van der Waals surface area (Å²) in [6.45, 7) is 1.34. The summed E-state index contributed by atoms with van der Waals surface area (Å²) in [6.07, 6.45) is 3.81. The number of piperidine rings is 1. The zero-order valence-electron chi connectivity index (χ0n) is 17.1. The molecule has 0 aliphatic carbocycles. The van der Waals surface area contributed by atoms with Crippen molar-refractivity contribution >= 4 is 38.8 Å². The predicted octanol–water partition coefficient (Wildman–Crippen LogP) is 3.09. The molecule has 4 rings (SSSR count). The van der Waals surface area contributed by atoms with Crippen molar-refractivity contribution in [1.82, 2.24) is 9.96 Å². The van der Waals surface area contributed by atoms with Gasteiger partial charge in [-0.25, -0.2) is 0 Å². The zero-order valence-corrected chi connectivity index (χ0v) is 17.9. The second-order valence-electron chi connectivity index (χ2n) is 7.67. The quantitative estimate of drug-likeness (QED) is 0.528. The van der Waals surface area contributed by atoms with E-state index in [9.17, 15) is 36.3 Å². The van der Waals surface area contributed by atoms with Gasteiger partial charge < -0.3 is 10.0 Å². The van der Waals surface area contributed by atoms with Crippen molar-refractivity contribution in [2.24, 2.45) is 0 Å². The van der Waals surface area contributed by atoms with E-state index < -0.39 is 27.8 Å². The number of carbonyl (C=O) groups is 2. The standard InChI is InChI=1S/C21H19F3N2O6S/c22-21(23,24)33(30,31)32-26-19(28)15-6-4-5-14-13(7-9-16(18(14)15)20(26)29)8-10-17(27)25-11-2-1-3-12-25/h4-10,19,28H,1-3,11-12H2/b10-8+. The lowest BCUT2D eigenvalue weighted by Crippen LogP contribution is -2.42. The predicted molar refractivity (Wildman–Crippen MR) is 111 cm³/mol. The molecule has 2 aliphatic rings. The summed E-state index contributed by atoms with van der Waals surface area (Å²) in [6, 6.07) is 7.21. The van der Waals surface area contributed by atoms with E-state index in [0.29, 0.717) is 24.0 Å². The number of hydrogen-bond donors (Lipinski definition) is 1. The maximum absolute atomic E-state index is 12.7. The molecule has 2 amide bonds. The Bertz CT molecular complexity index is 1250. The molecular formula is C21H19F3N2O6S. The van der Waals surface area contributed by atoms with Crippen LogP contribution in [-0.2, 0) is 19.2 Å². The Hall–Kier alpha value is -2.96. The largest absolute Gasteiger partial charge is 0.525 e. The molecular weight excluding hydrogens is 465 g/mol. The summed E-state index contributed by atoms with van der Waals surface area (Å²) in [5.41, 5.74) is -5.41. The monoisotopic (exact) mass is 484 g/mol. The van der Waals surface area contributed by atoms with Crippen LogP contribution in [0.25, 0.3) is 16.8 Å². The number of hydroxylamine groups is 2. The first kappa shape index (κ1) is 23.2. The Labute approximate surface area is 186 Å². The molecule has 2 aliphatic heterocycles. The number of benzene rings is 2. The Morgan fingerprint density at radius 1 is 1.12 bits per heavy atom. The molecule has 1 saturated heterocycles. The van der Waals surface area contributed by atoms with E-state index in [1.165, 1.54) is 30.3 Å². The van der Waals surface area contributed by atoms with E-state index in [0.717, 1.165) is 19.3 Å². The van der Waals surface area contributed by atoms with Crippen molar-refractivity contribution in [1.29, 1.82) is 0 Å². The Kier molecular flexibility index (Phi) is 5.93. The van der Waals surface area contributed by atoms with Crippen molar-refractivity contribution in [3.05, 3.63) is 53.1 Å². The minimum Gasteiger partial charge on any atom is -0.367 e. The van der Waals surface area contributed by atoms with Crippen LogP contribution < -0.4 is 0 Å². The van der Waals surface area contributed by atoms with E-state index in [1.54, 1.807) is 17.0 Å². The first-order valence-electron chi connectivity index (χ1n) is 10.1. The molecule has 12 heteroatoms. The fourth-order valence-electron chi connectivity index (χ4n) is 3.96. The van der Waals surface area contributed by atoms with Crippen LogP contribution in [0.5, 0.6) is 0 Å². The van der Waals surface area contributed by atoms with Crippen LogP contribution in [-0.4, -0.2) is 53.9 Å². The van der Waals surface area contributed by atoms with E-state index in [4.69, 9.17) is 0 Å². The van der Waals surface area contributed by atoms with Gasteiger partial charge in [0.1, 0.15) is 0 Å². The van der Waals surface area contributed by atoms with Gasteiger partial charge in [-0.2, -0.15) is 26.7 Å². The SMILES string of the molecule is O=C(/C=C/c1ccc2c3c(cccc13)C(O)N(OS(=O)(=O)C(F)(F)F)C2=O)N1CCCCC1. The van der Waals surface area contributed by atoms with Crippen molar-refractivity contribution in [3.8, 4) is 0 Å². The Balaban J connectivity index is 1.70. The highest BCUT2D eigenvalue weighted by Crippen LogP contribution is 2.39. The maximum Gasteiger partial charge on any atom is 0.525 e. The van der Waals surface area contributed by atoms with Gasteiger partial charge in [0.15, 0.2) is 6.23 Å². The molecule has 0 aromatic heterocycles. The first-order valence-corrected chi connectivity index (χ1v) is 11.5. The van der Waals surface area contributed by atoms with Gasteiger partial charge in [-0.05, 0) is 42.4 Å². The number of halogens is 3. The molecule has 8 nitrogen and oxygen atoms in total. The van der Waals surface area contributed by atoms with Crippen molar-refractivity contribution in [2.45, 2.75) is 31.0 Å². The second kappa shape index (κ2) is 8.43. The highest BCUT2D eigenvalue weighted by Gasteiger charge is 2.51. The third kappa shape index (κ3) is 4.21. The number of hydrogen-bond acceptors (Lipinski definition) is 6. The molecule has 0 bridgehead atoms. The minimum absolute atomic E-state index is 0.0166. The van der Waals surface area contributed by atoms with Crippen LogP contribution in [0.15, 0.2) is 36.4 Å². The summed E-state index contributed by atoms with van der Waals surface area (Å²) < 4.78 is 65.0. The number of alkyl halides is 3. The van der Waals surface area contributed by atoms with E-state index in [2.05, 4.69) is 4.28 Å². The fraction of sp³-hybridized carbons (Fsp3) is 0.333. The van der Waals surface area contributed by atoms with Gasteiger partial charge in [0, 0.05) is 30.1 Å². The molecule has 1 N–H and O–H groups in total. The van der Waals surface area contributed by atoms with Crippen LogP contribution in [0.1, 0.15) is 47.0 Å². The van der Waals surface area contributed by atoms with Crippen molar-refractivity contribution in [2.75, 3.05) is 13.1 Å². The molecule has 0 saturated carbocycles. The summed E-state index contributed by atoms with van der Waals surface area (Å²) in [4.78, 5) is 26.9. The van der Waals surface area contributed by atoms with Gasteiger partial charge in [0.25, 0.3) is 5.91 Å². The number of carbonyl (C=O) groups excluding carboxylic acids is 2. The smallest absolute Gasteiger partial charge is 0.367 e. The van der Waals surface area contributed by atoms with Crippen molar-refractivity contribution in [3.63, 3.8) is 0 Å². The number of nitrogens with zero attached hydrogens (tertiary/aromatic N) is 2. The molecule has 1 atom stereocenters. The number of aliphatic hydroxyl groups excluding tert-OH is 1. The molecule has 1 fully saturated rings. The van der Waals surface area contributed by atoms with Gasteiger partial charge in [-0.3, -0.25) is 9.59 Å². The van der Waals surface area contributed by atoms with E-state index >= 15 is 0 Å². The Morgan fingerprint density at radius 2 is 1.82 bits per heavy atom. The maximum atomic E-state index is 12.7. The average molecular weight is 484 g/mol. The van der Waals surface area contributed by atoms with Crippen LogP contribution in [0.2, 0.25) is 0 Å². The van der Waals surface area contributed by atoms with Crippen LogP contribution in [0.3, 0.4) is 0 Å². The van der Waals surface area contributed by atoms with E-state index in [-0.39, 0.29) is 27.5 Å². The number of aliphatic hydroxyl groups is 1. The lowest BCUT2D eigenvalue weighted by Gasteiger charge is -2.32. The lowest BCUT2D eigenvalue weighted by atomic mass is 9.91. The number of rotatable bonds is 4. The normalized spacial score (nSPS) is 19.5. The lowest BCUT2D eigenvalue weighted by molar-refractivity contribution is -0.151. The first-order chi connectivity index (χ1) is 15.5. The summed E-state index contributed by atoms with van der Waals surface area (Å²) in [5, 5.41) is 11.0. The molecule has 2 aromatic carbocycles. The van der Waals surface area contributed by atoms with Crippen LogP contribution in [0, 0.1) is 0 Å². The third-order valence-electron chi connectivity index (χ3n) is 5.57. The summed E-state index contributed by atoms with van der Waals surface area (Å²) in [5.74, 6) is -1.41. The van der Waals surface area contributed by atoms with Gasteiger partial charge in [0.2, 0.25) is 5.91 Å². The van der Waals surface area contributed by atoms with Crippen molar-refractivity contribution < 1.29 is 40.6 Å². The summed E-state index contributed by atoms with van der Waals surface area (Å²) in [7, 11) is -6.18. The zero-order chi connectivity index (χ0) is 24.0. The number of likely N-dealkylation sites (tertiary alicyclic amines) is 1. The second-order valence-corrected chi connectivity index (χ2v) is 9.19. The van der Waals surface area contributed by atoms with Crippen LogP contribution >= 0.6 is 0 Å². The van der Waals surface area contributed by atoms with E-state index in [1.807, 2.05) is 0 Å². The Morgan fingerprint density at radius 3 is 2.48 bits per heavy atom. The molecule has 1 unspecified atom stereocenters. The molecule has 2 aromatic rings. The number of amides is 2. The van der Waals surface area contributed by atoms with Gasteiger partial charge >= 0.3 is 15.6 Å². The average Bonchev–Trinajstić information content (AvgIpc) is 2.78. The van der Waals surface area contributed by atoms with Gasteiger partial charge in [0.05, 0.1) is 5.56 Å². The fourth-order valence-corrected chi connectivity index (χ4v) is 4.40. The third-order valence-corrected chi connectivity index (χ3v) is 6.50.